The van der Waals surface area contributed by atoms with Crippen LogP contribution in [0.5, 0.6) is 0 Å². The minimum Gasteiger partial charge on any atom is -0.377 e. The highest BCUT2D eigenvalue weighted by molar-refractivity contribution is 5.28. The van der Waals surface area contributed by atoms with Gasteiger partial charge in [0.1, 0.15) is 0 Å². The van der Waals surface area contributed by atoms with Crippen LogP contribution in [0.2, 0.25) is 0 Å². The summed E-state index contributed by atoms with van der Waals surface area (Å²) >= 11 is 0. The van der Waals surface area contributed by atoms with Crippen LogP contribution in [-0.4, -0.2) is 19.3 Å². The summed E-state index contributed by atoms with van der Waals surface area (Å²) in [5, 5.41) is 3.25. The maximum absolute atomic E-state index is 12.9. The summed E-state index contributed by atoms with van der Waals surface area (Å²) in [4.78, 5) is 0. The van der Waals surface area contributed by atoms with Gasteiger partial charge in [-0.15, -0.1) is 0 Å². The Balaban J connectivity index is 3.08. The molecule has 0 bridgehead atoms. The second-order valence-corrected chi connectivity index (χ2v) is 4.94. The molecule has 0 saturated carbocycles. The van der Waals surface area contributed by atoms with Crippen molar-refractivity contribution in [2.75, 3.05) is 13.2 Å². The van der Waals surface area contributed by atoms with E-state index >= 15 is 0 Å². The molecule has 0 aliphatic rings. The molecule has 0 aromatic heterocycles. The minimum atomic E-state index is -4.32. The van der Waals surface area contributed by atoms with Gasteiger partial charge in [-0.3, -0.25) is 0 Å². The number of hydrogen-bond acceptors (Lipinski definition) is 2. The van der Waals surface area contributed by atoms with Crippen LogP contribution in [0.3, 0.4) is 0 Å². The molecular weight excluding hydrogens is 279 g/mol. The van der Waals surface area contributed by atoms with Crippen LogP contribution in [0, 0.1) is 0 Å². The molecule has 5 heteroatoms. The highest BCUT2D eigenvalue weighted by Crippen LogP contribution is 2.32. The lowest BCUT2D eigenvalue weighted by molar-refractivity contribution is -0.137. The lowest BCUT2D eigenvalue weighted by atomic mass is 9.96. The lowest BCUT2D eigenvalue weighted by Crippen LogP contribution is -2.34. The van der Waals surface area contributed by atoms with E-state index in [4.69, 9.17) is 4.74 Å². The SMILES string of the molecule is CCCC(OCC)C(NCC)c1cccc(C(F)(F)F)c1. The summed E-state index contributed by atoms with van der Waals surface area (Å²) in [6.45, 7) is 7.11. The van der Waals surface area contributed by atoms with Gasteiger partial charge in [-0.1, -0.05) is 32.4 Å². The van der Waals surface area contributed by atoms with Crippen LogP contribution in [0.4, 0.5) is 13.2 Å². The standard InChI is InChI=1S/C16H24F3NO/c1-4-8-14(21-6-3)15(20-5-2)12-9-7-10-13(11-12)16(17,18)19/h7,9-11,14-15,20H,4-6,8H2,1-3H3. The van der Waals surface area contributed by atoms with E-state index in [1.807, 2.05) is 20.8 Å². The van der Waals surface area contributed by atoms with Crippen molar-refractivity contribution in [1.29, 1.82) is 0 Å². The predicted octanol–water partition coefficient (Wildman–Crippen LogP) is 4.56. The summed E-state index contributed by atoms with van der Waals surface area (Å²) in [6.07, 6.45) is -2.71. The summed E-state index contributed by atoms with van der Waals surface area (Å²) < 4.78 is 44.3. The first-order valence-corrected chi connectivity index (χ1v) is 7.46. The fourth-order valence-corrected chi connectivity index (χ4v) is 2.44. The number of nitrogens with one attached hydrogen (secondary N) is 1. The summed E-state index contributed by atoms with van der Waals surface area (Å²) in [6, 6.07) is 5.27. The highest BCUT2D eigenvalue weighted by Gasteiger charge is 2.32. The molecule has 2 unspecified atom stereocenters. The molecule has 1 N–H and O–H groups in total. The second-order valence-electron chi connectivity index (χ2n) is 4.94. The molecular formula is C16H24F3NO. The van der Waals surface area contributed by atoms with Gasteiger partial charge in [0.15, 0.2) is 0 Å². The van der Waals surface area contributed by atoms with Crippen molar-refractivity contribution < 1.29 is 17.9 Å². The van der Waals surface area contributed by atoms with Crippen LogP contribution in [0.25, 0.3) is 0 Å². The molecule has 0 heterocycles. The van der Waals surface area contributed by atoms with E-state index in [1.165, 1.54) is 12.1 Å². The lowest BCUT2D eigenvalue weighted by Gasteiger charge is -2.28. The van der Waals surface area contributed by atoms with Gasteiger partial charge in [-0.05, 0) is 37.6 Å². The van der Waals surface area contributed by atoms with Crippen molar-refractivity contribution in [2.45, 2.75) is 51.9 Å². The Morgan fingerprint density at radius 1 is 1.19 bits per heavy atom. The Morgan fingerprint density at radius 2 is 1.90 bits per heavy atom. The molecule has 2 nitrogen and oxygen atoms in total. The molecule has 1 aromatic carbocycles. The highest BCUT2D eigenvalue weighted by atomic mass is 19.4. The number of rotatable bonds is 8. The molecule has 0 spiro atoms. The zero-order valence-corrected chi connectivity index (χ0v) is 12.8. The molecule has 0 radical (unpaired) electrons. The quantitative estimate of drug-likeness (QED) is 0.760. The number of benzene rings is 1. The first kappa shape index (κ1) is 18.0. The summed E-state index contributed by atoms with van der Waals surface area (Å²) in [7, 11) is 0. The molecule has 21 heavy (non-hydrogen) atoms. The van der Waals surface area contributed by atoms with Gasteiger partial charge in [0.2, 0.25) is 0 Å². The van der Waals surface area contributed by atoms with Gasteiger partial charge in [0.05, 0.1) is 17.7 Å². The third-order valence-electron chi connectivity index (χ3n) is 3.32. The molecule has 2 atom stereocenters. The second kappa shape index (κ2) is 8.39. The zero-order chi connectivity index (χ0) is 15.9. The Kier molecular flexibility index (Phi) is 7.18. The number of hydrogen-bond donors (Lipinski definition) is 1. The Morgan fingerprint density at radius 3 is 2.43 bits per heavy atom. The topological polar surface area (TPSA) is 21.3 Å². The fourth-order valence-electron chi connectivity index (χ4n) is 2.44. The van der Waals surface area contributed by atoms with Crippen molar-refractivity contribution in [3.63, 3.8) is 0 Å². The molecule has 0 aliphatic heterocycles. The summed E-state index contributed by atoms with van der Waals surface area (Å²) in [5.74, 6) is 0. The average Bonchev–Trinajstić information content (AvgIpc) is 2.44. The van der Waals surface area contributed by atoms with Crippen molar-refractivity contribution in [3.05, 3.63) is 35.4 Å². The first-order chi connectivity index (χ1) is 9.93. The Bertz CT molecular complexity index is 414. The van der Waals surface area contributed by atoms with Crippen LogP contribution < -0.4 is 5.32 Å². The van der Waals surface area contributed by atoms with Crippen molar-refractivity contribution in [1.82, 2.24) is 5.32 Å². The van der Waals surface area contributed by atoms with E-state index in [9.17, 15) is 13.2 Å². The maximum Gasteiger partial charge on any atom is 0.416 e. The van der Waals surface area contributed by atoms with Crippen molar-refractivity contribution >= 4 is 0 Å². The number of likely N-dealkylation sites (N-methyl/N-ethyl adjacent to an activating group) is 1. The molecule has 120 valence electrons. The molecule has 1 rings (SSSR count). The Hall–Kier alpha value is -1.07. The Labute approximate surface area is 124 Å². The van der Waals surface area contributed by atoms with Crippen LogP contribution in [0.1, 0.15) is 50.8 Å². The van der Waals surface area contributed by atoms with Gasteiger partial charge in [0.25, 0.3) is 0 Å². The maximum atomic E-state index is 12.9. The van der Waals surface area contributed by atoms with Gasteiger partial charge in [-0.25, -0.2) is 0 Å². The van der Waals surface area contributed by atoms with Crippen molar-refractivity contribution in [2.24, 2.45) is 0 Å². The zero-order valence-electron chi connectivity index (χ0n) is 12.8. The molecule has 0 fully saturated rings. The van der Waals surface area contributed by atoms with E-state index < -0.39 is 11.7 Å². The average molecular weight is 303 g/mol. The number of ether oxygens (including phenoxy) is 1. The number of alkyl halides is 3. The molecule has 0 saturated heterocycles. The first-order valence-electron chi connectivity index (χ1n) is 7.46. The van der Waals surface area contributed by atoms with Crippen molar-refractivity contribution in [3.8, 4) is 0 Å². The molecule has 0 aliphatic carbocycles. The van der Waals surface area contributed by atoms with Crippen LogP contribution in [-0.2, 0) is 10.9 Å². The minimum absolute atomic E-state index is 0.122. The van der Waals surface area contributed by atoms with Gasteiger partial charge >= 0.3 is 6.18 Å². The van der Waals surface area contributed by atoms with E-state index in [0.29, 0.717) is 18.7 Å². The molecule has 0 amide bonds. The third-order valence-corrected chi connectivity index (χ3v) is 3.32. The smallest absolute Gasteiger partial charge is 0.377 e. The largest absolute Gasteiger partial charge is 0.416 e. The predicted molar refractivity (Wildman–Crippen MR) is 78.2 cm³/mol. The van der Waals surface area contributed by atoms with E-state index in [1.54, 1.807) is 6.07 Å². The van der Waals surface area contributed by atoms with E-state index in [2.05, 4.69) is 5.32 Å². The van der Waals surface area contributed by atoms with E-state index in [0.717, 1.165) is 18.9 Å². The van der Waals surface area contributed by atoms with Gasteiger partial charge in [0, 0.05) is 6.61 Å². The monoisotopic (exact) mass is 303 g/mol. The van der Waals surface area contributed by atoms with Gasteiger partial charge in [-0.2, -0.15) is 13.2 Å². The van der Waals surface area contributed by atoms with Crippen LogP contribution >= 0.6 is 0 Å². The van der Waals surface area contributed by atoms with Gasteiger partial charge < -0.3 is 10.1 Å². The fraction of sp³-hybridized carbons (Fsp3) is 0.625. The van der Waals surface area contributed by atoms with E-state index in [-0.39, 0.29) is 12.1 Å². The molecule has 1 aromatic rings. The third kappa shape index (κ3) is 5.32. The number of halogens is 3. The summed E-state index contributed by atoms with van der Waals surface area (Å²) in [5.41, 5.74) is 0.00762. The normalized spacial score (nSPS) is 15.0. The van der Waals surface area contributed by atoms with Crippen LogP contribution in [0.15, 0.2) is 24.3 Å².